The number of rotatable bonds is 1. The van der Waals surface area contributed by atoms with E-state index in [9.17, 15) is 0 Å². The Morgan fingerprint density at radius 3 is 2.77 bits per heavy atom. The first-order chi connectivity index (χ1) is 6.20. The summed E-state index contributed by atoms with van der Waals surface area (Å²) >= 11 is 0. The van der Waals surface area contributed by atoms with E-state index in [1.807, 2.05) is 6.92 Å². The van der Waals surface area contributed by atoms with Crippen molar-refractivity contribution in [3.63, 3.8) is 0 Å². The van der Waals surface area contributed by atoms with Crippen molar-refractivity contribution in [2.75, 3.05) is 0 Å². The highest BCUT2D eigenvalue weighted by atomic mass is 28.3. The Morgan fingerprint density at radius 2 is 2.08 bits per heavy atom. The fourth-order valence-corrected chi connectivity index (χ4v) is 2.64. The Bertz CT molecular complexity index is 433. The fraction of sp³-hybridized carbons (Fsp3) is 0.333. The quantitative estimate of drug-likeness (QED) is 0.641. The molecule has 0 saturated carbocycles. The van der Waals surface area contributed by atoms with Gasteiger partial charge in [0.1, 0.15) is 20.9 Å². The molecule has 0 aliphatic carbocycles. The van der Waals surface area contributed by atoms with Crippen LogP contribution in [0.4, 0.5) is 0 Å². The summed E-state index contributed by atoms with van der Waals surface area (Å²) in [5.74, 6) is 0. The SMILES string of the molecule is Cc1ncnc2c1ccn2[SiH](C)C. The monoisotopic (exact) mass is 191 g/mol. The van der Waals surface area contributed by atoms with Crippen molar-refractivity contribution in [2.45, 2.75) is 20.0 Å². The summed E-state index contributed by atoms with van der Waals surface area (Å²) in [7, 11) is -0.824. The maximum Gasteiger partial charge on any atom is 0.141 e. The Labute approximate surface area is 79.1 Å². The van der Waals surface area contributed by atoms with Gasteiger partial charge in [0.2, 0.25) is 0 Å². The molecule has 0 N–H and O–H groups in total. The van der Waals surface area contributed by atoms with Crippen LogP contribution in [0.5, 0.6) is 0 Å². The van der Waals surface area contributed by atoms with Crippen LogP contribution in [0.15, 0.2) is 18.6 Å². The average molecular weight is 191 g/mol. The van der Waals surface area contributed by atoms with Gasteiger partial charge in [-0.05, 0) is 19.2 Å². The van der Waals surface area contributed by atoms with E-state index in [1.54, 1.807) is 6.33 Å². The molecule has 0 spiro atoms. The zero-order chi connectivity index (χ0) is 9.42. The molecule has 0 radical (unpaired) electrons. The van der Waals surface area contributed by atoms with E-state index in [0.29, 0.717) is 0 Å². The maximum atomic E-state index is 4.31. The van der Waals surface area contributed by atoms with Crippen LogP contribution in [-0.4, -0.2) is 23.2 Å². The third-order valence-corrected chi connectivity index (χ3v) is 3.79. The smallest absolute Gasteiger partial charge is 0.141 e. The molecular weight excluding hydrogens is 178 g/mol. The lowest BCUT2D eigenvalue weighted by Crippen LogP contribution is -2.14. The summed E-state index contributed by atoms with van der Waals surface area (Å²) in [5.41, 5.74) is 2.16. The van der Waals surface area contributed by atoms with Gasteiger partial charge in [0.15, 0.2) is 0 Å². The first kappa shape index (κ1) is 8.44. The molecule has 0 aliphatic heterocycles. The minimum atomic E-state index is -0.824. The van der Waals surface area contributed by atoms with E-state index in [1.165, 1.54) is 5.39 Å². The van der Waals surface area contributed by atoms with E-state index in [0.717, 1.165) is 11.3 Å². The van der Waals surface area contributed by atoms with E-state index in [2.05, 4.69) is 39.6 Å². The molecule has 0 aromatic carbocycles. The Kier molecular flexibility index (Phi) is 1.92. The standard InChI is InChI=1S/C9H13N3Si/c1-7-8-4-5-12(13(2)3)9(8)11-6-10-7/h4-6,13H,1-3H3. The molecule has 68 valence electrons. The van der Waals surface area contributed by atoms with E-state index >= 15 is 0 Å². The third-order valence-electron chi connectivity index (χ3n) is 2.26. The molecule has 3 nitrogen and oxygen atoms in total. The molecule has 2 rings (SSSR count). The second kappa shape index (κ2) is 2.96. The molecule has 0 fully saturated rings. The number of fused-ring (bicyclic) bond motifs is 1. The van der Waals surface area contributed by atoms with E-state index < -0.39 is 8.96 Å². The molecule has 0 aliphatic rings. The van der Waals surface area contributed by atoms with Gasteiger partial charge in [-0.25, -0.2) is 9.97 Å². The van der Waals surface area contributed by atoms with Crippen LogP contribution in [0, 0.1) is 6.92 Å². The molecule has 0 atom stereocenters. The van der Waals surface area contributed by atoms with Crippen LogP contribution in [0.25, 0.3) is 11.0 Å². The summed E-state index contributed by atoms with van der Waals surface area (Å²) in [6.45, 7) is 6.60. The van der Waals surface area contributed by atoms with Crippen molar-refractivity contribution in [3.8, 4) is 0 Å². The zero-order valence-electron chi connectivity index (χ0n) is 8.15. The number of nitrogens with zero attached hydrogens (tertiary/aromatic N) is 3. The highest BCUT2D eigenvalue weighted by molar-refractivity contribution is 6.55. The summed E-state index contributed by atoms with van der Waals surface area (Å²) in [6, 6.07) is 2.11. The Morgan fingerprint density at radius 1 is 1.31 bits per heavy atom. The first-order valence-electron chi connectivity index (χ1n) is 4.48. The summed E-state index contributed by atoms with van der Waals surface area (Å²) in [4.78, 5) is 8.48. The average Bonchev–Trinajstić information content (AvgIpc) is 2.48. The van der Waals surface area contributed by atoms with Gasteiger partial charge >= 0.3 is 0 Å². The van der Waals surface area contributed by atoms with Gasteiger partial charge < -0.3 is 4.23 Å². The topological polar surface area (TPSA) is 30.7 Å². The lowest BCUT2D eigenvalue weighted by molar-refractivity contribution is 1.11. The molecule has 0 saturated heterocycles. The predicted molar refractivity (Wildman–Crippen MR) is 56.5 cm³/mol. The van der Waals surface area contributed by atoms with Crippen LogP contribution >= 0.6 is 0 Å². The van der Waals surface area contributed by atoms with Gasteiger partial charge in [0.25, 0.3) is 0 Å². The number of aryl methyl sites for hydroxylation is 1. The van der Waals surface area contributed by atoms with Crippen molar-refractivity contribution in [1.29, 1.82) is 0 Å². The number of hydrogen-bond donors (Lipinski definition) is 0. The molecule has 2 aromatic heterocycles. The summed E-state index contributed by atoms with van der Waals surface area (Å²) in [5, 5.41) is 1.18. The highest BCUT2D eigenvalue weighted by Crippen LogP contribution is 2.15. The minimum absolute atomic E-state index is 0.824. The molecule has 0 unspecified atom stereocenters. The largest absolute Gasteiger partial charge is 0.363 e. The highest BCUT2D eigenvalue weighted by Gasteiger charge is 2.07. The van der Waals surface area contributed by atoms with Crippen LogP contribution in [0.3, 0.4) is 0 Å². The van der Waals surface area contributed by atoms with E-state index in [-0.39, 0.29) is 0 Å². The normalized spacial score (nSPS) is 11.4. The lowest BCUT2D eigenvalue weighted by Gasteiger charge is -2.06. The minimum Gasteiger partial charge on any atom is -0.363 e. The predicted octanol–water partition coefficient (Wildman–Crippen LogP) is 1.57. The lowest BCUT2D eigenvalue weighted by atomic mass is 10.3. The molecule has 0 bridgehead atoms. The van der Waals surface area contributed by atoms with Gasteiger partial charge in [-0.15, -0.1) is 0 Å². The van der Waals surface area contributed by atoms with Gasteiger partial charge in [0, 0.05) is 5.39 Å². The first-order valence-corrected chi connectivity index (χ1v) is 7.31. The van der Waals surface area contributed by atoms with Crippen LogP contribution in [-0.2, 0) is 0 Å². The summed E-state index contributed by atoms with van der Waals surface area (Å²) in [6.07, 6.45) is 3.77. The van der Waals surface area contributed by atoms with Crippen molar-refractivity contribution in [1.82, 2.24) is 14.2 Å². The number of aromatic nitrogens is 3. The molecule has 4 heteroatoms. The maximum absolute atomic E-state index is 4.31. The van der Waals surface area contributed by atoms with Crippen LogP contribution in [0.1, 0.15) is 5.69 Å². The molecule has 13 heavy (non-hydrogen) atoms. The second-order valence-corrected chi connectivity index (χ2v) is 6.26. The summed E-state index contributed by atoms with van der Waals surface area (Å²) < 4.78 is 2.30. The fourth-order valence-electron chi connectivity index (χ4n) is 1.51. The molecule has 2 heterocycles. The van der Waals surface area contributed by atoms with Crippen molar-refractivity contribution in [2.24, 2.45) is 0 Å². The Hall–Kier alpha value is -1.16. The Balaban J connectivity index is 2.75. The third kappa shape index (κ3) is 1.27. The second-order valence-electron chi connectivity index (χ2n) is 3.51. The van der Waals surface area contributed by atoms with Crippen LogP contribution < -0.4 is 0 Å². The van der Waals surface area contributed by atoms with Gasteiger partial charge in [0.05, 0.1) is 5.69 Å². The van der Waals surface area contributed by atoms with Crippen molar-refractivity contribution < 1.29 is 0 Å². The number of hydrogen-bond acceptors (Lipinski definition) is 2. The van der Waals surface area contributed by atoms with E-state index in [4.69, 9.17) is 0 Å². The van der Waals surface area contributed by atoms with Gasteiger partial charge in [-0.2, -0.15) is 0 Å². The molecule has 0 amide bonds. The van der Waals surface area contributed by atoms with Gasteiger partial charge in [-0.1, -0.05) is 13.1 Å². The van der Waals surface area contributed by atoms with Crippen LogP contribution in [0.2, 0.25) is 13.1 Å². The molecular formula is C9H13N3Si. The zero-order valence-corrected chi connectivity index (χ0v) is 9.31. The van der Waals surface area contributed by atoms with Crippen molar-refractivity contribution in [3.05, 3.63) is 24.3 Å². The molecule has 2 aromatic rings. The van der Waals surface area contributed by atoms with Gasteiger partial charge in [-0.3, -0.25) is 0 Å². The van der Waals surface area contributed by atoms with Crippen molar-refractivity contribution >= 4 is 20.0 Å².